The van der Waals surface area contributed by atoms with Gasteiger partial charge in [-0.1, -0.05) is 12.1 Å². The highest BCUT2D eigenvalue weighted by Crippen LogP contribution is 2.14. The van der Waals surface area contributed by atoms with E-state index < -0.39 is 11.7 Å². The molecule has 7 heteroatoms. The first-order valence-corrected chi connectivity index (χ1v) is 6.70. The van der Waals surface area contributed by atoms with E-state index in [1.54, 1.807) is 13.0 Å². The van der Waals surface area contributed by atoms with Gasteiger partial charge in [-0.2, -0.15) is 0 Å². The van der Waals surface area contributed by atoms with Gasteiger partial charge >= 0.3 is 0 Å². The summed E-state index contributed by atoms with van der Waals surface area (Å²) in [7, 11) is 0. The third-order valence-corrected chi connectivity index (χ3v) is 2.75. The summed E-state index contributed by atoms with van der Waals surface area (Å²) >= 11 is 0. The topological polar surface area (TPSA) is 80.0 Å². The lowest BCUT2D eigenvalue weighted by atomic mass is 10.2. The second-order valence-corrected chi connectivity index (χ2v) is 4.59. The van der Waals surface area contributed by atoms with Crippen molar-refractivity contribution in [1.82, 2.24) is 15.5 Å². The largest absolute Gasteiger partial charge is 0.369 e. The lowest BCUT2D eigenvalue weighted by Gasteiger charge is -2.10. The maximum Gasteiger partial charge on any atom is 0.255 e. The molecule has 0 saturated carbocycles. The van der Waals surface area contributed by atoms with Crippen LogP contribution in [0.3, 0.4) is 0 Å². The minimum Gasteiger partial charge on any atom is -0.369 e. The molecule has 0 aliphatic carbocycles. The zero-order valence-corrected chi connectivity index (χ0v) is 11.9. The van der Waals surface area contributed by atoms with Gasteiger partial charge in [0.15, 0.2) is 0 Å². The van der Waals surface area contributed by atoms with Crippen LogP contribution in [0.2, 0.25) is 0 Å². The number of hydrogen-bond donors (Lipinski definition) is 2. The number of aryl methyl sites for hydroxylation is 1. The van der Waals surface area contributed by atoms with Crippen LogP contribution < -0.4 is 10.6 Å². The number of hydrogen-bond acceptors (Lipinski definition) is 5. The molecule has 2 rings (SSSR count). The summed E-state index contributed by atoms with van der Waals surface area (Å²) in [5.41, 5.74) is 0.775. The molecule has 6 nitrogen and oxygen atoms in total. The molecule has 0 aliphatic rings. The minimum absolute atomic E-state index is 0.170. The summed E-state index contributed by atoms with van der Waals surface area (Å²) in [6, 6.07) is 2.88. The molecule has 0 radical (unpaired) electrons. The highest BCUT2D eigenvalue weighted by Gasteiger charge is 2.14. The summed E-state index contributed by atoms with van der Waals surface area (Å²) < 4.78 is 18.2. The average Bonchev–Trinajstić information content (AvgIpc) is 2.89. The fourth-order valence-corrected chi connectivity index (χ4v) is 1.76. The van der Waals surface area contributed by atoms with Crippen LogP contribution in [0.5, 0.6) is 0 Å². The van der Waals surface area contributed by atoms with Crippen molar-refractivity contribution in [1.29, 1.82) is 0 Å². The quantitative estimate of drug-likeness (QED) is 0.853. The van der Waals surface area contributed by atoms with E-state index in [0.29, 0.717) is 23.8 Å². The molecule has 0 atom stereocenters. The SMILES string of the molecule is CCCNc1ncc(F)cc1C(=O)NCc1cc(C)on1. The Morgan fingerprint density at radius 3 is 2.90 bits per heavy atom. The zero-order valence-electron chi connectivity index (χ0n) is 11.9. The Hall–Kier alpha value is -2.44. The maximum absolute atomic E-state index is 13.3. The molecule has 0 saturated heterocycles. The molecule has 0 aliphatic heterocycles. The first kappa shape index (κ1) is 15.0. The lowest BCUT2D eigenvalue weighted by Crippen LogP contribution is -2.25. The van der Waals surface area contributed by atoms with Gasteiger partial charge in [0, 0.05) is 12.6 Å². The Balaban J connectivity index is 2.08. The van der Waals surface area contributed by atoms with Crippen molar-refractivity contribution in [3.8, 4) is 0 Å². The smallest absolute Gasteiger partial charge is 0.255 e. The van der Waals surface area contributed by atoms with Crippen LogP contribution in [0.1, 0.15) is 35.2 Å². The number of nitrogens with zero attached hydrogens (tertiary/aromatic N) is 2. The minimum atomic E-state index is -0.556. The second kappa shape index (κ2) is 6.83. The Morgan fingerprint density at radius 1 is 1.43 bits per heavy atom. The third-order valence-electron chi connectivity index (χ3n) is 2.75. The Bertz CT molecular complexity index is 627. The molecule has 1 amide bonds. The second-order valence-electron chi connectivity index (χ2n) is 4.59. The number of amides is 1. The van der Waals surface area contributed by atoms with E-state index in [0.717, 1.165) is 18.7 Å². The number of carbonyl (C=O) groups is 1. The third kappa shape index (κ3) is 4.01. The summed E-state index contributed by atoms with van der Waals surface area (Å²) in [6.07, 6.45) is 1.95. The Morgan fingerprint density at radius 2 is 2.24 bits per heavy atom. The summed E-state index contributed by atoms with van der Waals surface area (Å²) in [6.45, 7) is 4.62. The van der Waals surface area contributed by atoms with Crippen LogP contribution in [0, 0.1) is 12.7 Å². The Kier molecular flexibility index (Phi) is 4.86. The lowest BCUT2D eigenvalue weighted by molar-refractivity contribution is 0.0950. The molecule has 0 fully saturated rings. The first-order chi connectivity index (χ1) is 10.1. The van der Waals surface area contributed by atoms with Crippen LogP contribution >= 0.6 is 0 Å². The summed E-state index contributed by atoms with van der Waals surface area (Å²) in [5, 5.41) is 9.44. The van der Waals surface area contributed by atoms with Crippen LogP contribution in [-0.4, -0.2) is 22.6 Å². The fourth-order valence-electron chi connectivity index (χ4n) is 1.76. The van der Waals surface area contributed by atoms with Crippen molar-refractivity contribution < 1.29 is 13.7 Å². The normalized spacial score (nSPS) is 10.4. The molecule has 2 aromatic rings. The van der Waals surface area contributed by atoms with Gasteiger partial charge in [-0.25, -0.2) is 9.37 Å². The molecule has 0 bridgehead atoms. The van der Waals surface area contributed by atoms with E-state index in [1.807, 2.05) is 6.92 Å². The van der Waals surface area contributed by atoms with Gasteiger partial charge in [0.2, 0.25) is 0 Å². The number of aromatic nitrogens is 2. The van der Waals surface area contributed by atoms with Gasteiger partial charge in [0.05, 0.1) is 18.3 Å². The van der Waals surface area contributed by atoms with E-state index in [1.165, 1.54) is 0 Å². The molecule has 0 spiro atoms. The van der Waals surface area contributed by atoms with E-state index in [2.05, 4.69) is 20.8 Å². The average molecular weight is 292 g/mol. The summed E-state index contributed by atoms with van der Waals surface area (Å²) in [5.74, 6) is 0.0600. The standard InChI is InChI=1S/C14H17FN4O2/c1-3-4-16-13-12(6-10(15)7-17-13)14(20)18-8-11-5-9(2)21-19-11/h5-7H,3-4,8H2,1-2H3,(H,16,17)(H,18,20). The predicted molar refractivity (Wildman–Crippen MR) is 75.4 cm³/mol. The van der Waals surface area contributed by atoms with Crippen molar-refractivity contribution in [3.63, 3.8) is 0 Å². The highest BCUT2D eigenvalue weighted by molar-refractivity contribution is 5.98. The van der Waals surface area contributed by atoms with E-state index in [9.17, 15) is 9.18 Å². The highest BCUT2D eigenvalue weighted by atomic mass is 19.1. The molecule has 112 valence electrons. The number of rotatable bonds is 6. The van der Waals surface area contributed by atoms with E-state index in [4.69, 9.17) is 4.52 Å². The van der Waals surface area contributed by atoms with Crippen molar-refractivity contribution in [2.75, 3.05) is 11.9 Å². The fraction of sp³-hybridized carbons (Fsp3) is 0.357. The van der Waals surface area contributed by atoms with Gasteiger partial charge in [0.25, 0.3) is 5.91 Å². The van der Waals surface area contributed by atoms with Gasteiger partial charge in [-0.05, 0) is 19.4 Å². The number of halogens is 1. The van der Waals surface area contributed by atoms with Crippen LogP contribution in [0.25, 0.3) is 0 Å². The van der Waals surface area contributed by atoms with Gasteiger partial charge in [-0.3, -0.25) is 4.79 Å². The van der Waals surface area contributed by atoms with Gasteiger partial charge in [-0.15, -0.1) is 0 Å². The van der Waals surface area contributed by atoms with Crippen molar-refractivity contribution in [2.24, 2.45) is 0 Å². The Labute approximate surface area is 121 Å². The molecule has 2 heterocycles. The van der Waals surface area contributed by atoms with E-state index >= 15 is 0 Å². The zero-order chi connectivity index (χ0) is 15.2. The predicted octanol–water partition coefficient (Wildman–Crippen LogP) is 2.27. The number of nitrogens with one attached hydrogen (secondary N) is 2. The molecule has 2 aromatic heterocycles. The molecule has 21 heavy (non-hydrogen) atoms. The number of pyridine rings is 1. The molecular weight excluding hydrogens is 275 g/mol. The molecule has 2 N–H and O–H groups in total. The monoisotopic (exact) mass is 292 g/mol. The van der Waals surface area contributed by atoms with Crippen LogP contribution in [0.4, 0.5) is 10.2 Å². The first-order valence-electron chi connectivity index (χ1n) is 6.70. The van der Waals surface area contributed by atoms with Crippen molar-refractivity contribution >= 4 is 11.7 Å². The van der Waals surface area contributed by atoms with E-state index in [-0.39, 0.29) is 12.1 Å². The van der Waals surface area contributed by atoms with Crippen molar-refractivity contribution in [2.45, 2.75) is 26.8 Å². The molecule has 0 unspecified atom stereocenters. The number of anilines is 1. The number of carbonyl (C=O) groups excluding carboxylic acids is 1. The molecule has 0 aromatic carbocycles. The van der Waals surface area contributed by atoms with Crippen LogP contribution in [-0.2, 0) is 6.54 Å². The van der Waals surface area contributed by atoms with Gasteiger partial charge in [0.1, 0.15) is 23.1 Å². The summed E-state index contributed by atoms with van der Waals surface area (Å²) in [4.78, 5) is 16.1. The van der Waals surface area contributed by atoms with Crippen molar-refractivity contribution in [3.05, 3.63) is 41.2 Å². The van der Waals surface area contributed by atoms with Gasteiger partial charge < -0.3 is 15.2 Å². The van der Waals surface area contributed by atoms with Crippen LogP contribution in [0.15, 0.2) is 22.9 Å². The maximum atomic E-state index is 13.3. The molecular formula is C14H17FN4O2.